The molecule has 1 aliphatic carbocycles. The normalized spacial score (nSPS) is 20.5. The van der Waals surface area contributed by atoms with Crippen LogP contribution in [0, 0.1) is 5.92 Å². The molecule has 1 fully saturated rings. The van der Waals surface area contributed by atoms with E-state index in [1.165, 1.54) is 14.2 Å². The van der Waals surface area contributed by atoms with Gasteiger partial charge >= 0.3 is 5.97 Å². The van der Waals surface area contributed by atoms with Crippen LogP contribution in [0.4, 0.5) is 0 Å². The second-order valence-electron chi connectivity index (χ2n) is 5.21. The lowest BCUT2D eigenvalue weighted by Crippen LogP contribution is -2.33. The first-order valence-electron chi connectivity index (χ1n) is 6.91. The lowest BCUT2D eigenvalue weighted by atomic mass is 10.1. The highest BCUT2D eigenvalue weighted by atomic mass is 79.9. The smallest absolute Gasteiger partial charge is 0.306 e. The van der Waals surface area contributed by atoms with Gasteiger partial charge in [0.25, 0.3) is 5.91 Å². The van der Waals surface area contributed by atoms with Crippen LogP contribution in [0.1, 0.15) is 29.6 Å². The van der Waals surface area contributed by atoms with E-state index in [0.29, 0.717) is 40.8 Å². The fourth-order valence-corrected chi connectivity index (χ4v) is 3.16. The van der Waals surface area contributed by atoms with Crippen LogP contribution in [0.15, 0.2) is 16.6 Å². The van der Waals surface area contributed by atoms with E-state index in [2.05, 4.69) is 21.2 Å². The van der Waals surface area contributed by atoms with E-state index in [4.69, 9.17) is 14.6 Å². The monoisotopic (exact) mass is 371 g/mol. The third kappa shape index (κ3) is 3.52. The van der Waals surface area contributed by atoms with Crippen LogP contribution in [0.5, 0.6) is 11.5 Å². The van der Waals surface area contributed by atoms with Gasteiger partial charge in [-0.05, 0) is 47.3 Å². The Morgan fingerprint density at radius 3 is 2.27 bits per heavy atom. The molecule has 1 amide bonds. The number of aliphatic carboxylic acids is 1. The second-order valence-corrected chi connectivity index (χ2v) is 6.01. The van der Waals surface area contributed by atoms with Crippen molar-refractivity contribution in [1.29, 1.82) is 0 Å². The highest BCUT2D eigenvalue weighted by molar-refractivity contribution is 9.10. The number of carboxylic acids is 1. The number of nitrogens with one attached hydrogen (secondary N) is 1. The summed E-state index contributed by atoms with van der Waals surface area (Å²) in [5, 5.41) is 11.9. The minimum absolute atomic E-state index is 0.116. The van der Waals surface area contributed by atoms with Crippen molar-refractivity contribution in [3.8, 4) is 11.5 Å². The Labute approximate surface area is 136 Å². The number of rotatable bonds is 5. The van der Waals surface area contributed by atoms with E-state index < -0.39 is 5.97 Å². The highest BCUT2D eigenvalue weighted by Crippen LogP contribution is 2.35. The summed E-state index contributed by atoms with van der Waals surface area (Å²) in [6, 6.07) is 3.12. The quantitative estimate of drug-likeness (QED) is 0.830. The molecule has 120 valence electrons. The van der Waals surface area contributed by atoms with Crippen molar-refractivity contribution in [3.05, 3.63) is 22.2 Å². The standard InChI is InChI=1S/C15H18BrNO5/c1-21-11-6-9(7-12(22-2)13(11)16)14(18)17-10-4-3-8(5-10)15(19)20/h6-8,10H,3-5H2,1-2H3,(H,17,18)(H,19,20)/t8-,10+/m0/s1. The van der Waals surface area contributed by atoms with Crippen LogP contribution < -0.4 is 14.8 Å². The fraction of sp³-hybridized carbons (Fsp3) is 0.467. The van der Waals surface area contributed by atoms with Crippen molar-refractivity contribution in [2.45, 2.75) is 25.3 Å². The molecule has 0 bridgehead atoms. The molecule has 0 spiro atoms. The molecular formula is C15H18BrNO5. The number of halogens is 1. The van der Waals surface area contributed by atoms with Gasteiger partial charge in [0.15, 0.2) is 0 Å². The minimum atomic E-state index is -0.802. The molecule has 7 heteroatoms. The number of carbonyl (C=O) groups is 2. The summed E-state index contributed by atoms with van der Waals surface area (Å²) < 4.78 is 11.1. The van der Waals surface area contributed by atoms with Gasteiger partial charge in [0.1, 0.15) is 16.0 Å². The number of benzene rings is 1. The third-order valence-corrected chi connectivity index (χ3v) is 4.61. The first kappa shape index (κ1) is 16.6. The zero-order valence-electron chi connectivity index (χ0n) is 12.4. The van der Waals surface area contributed by atoms with Crippen LogP contribution in [0.25, 0.3) is 0 Å². The van der Waals surface area contributed by atoms with Crippen LogP contribution in [-0.2, 0) is 4.79 Å². The highest BCUT2D eigenvalue weighted by Gasteiger charge is 2.30. The molecule has 2 atom stereocenters. The van der Waals surface area contributed by atoms with Gasteiger partial charge < -0.3 is 19.9 Å². The van der Waals surface area contributed by atoms with E-state index in [1.807, 2.05) is 0 Å². The average Bonchev–Trinajstić information content (AvgIpc) is 2.96. The van der Waals surface area contributed by atoms with Gasteiger partial charge in [-0.15, -0.1) is 0 Å². The topological polar surface area (TPSA) is 84.9 Å². The Bertz CT molecular complexity index is 564. The molecule has 0 aliphatic heterocycles. The summed E-state index contributed by atoms with van der Waals surface area (Å²) in [6.45, 7) is 0. The molecule has 0 unspecified atom stereocenters. The first-order chi connectivity index (χ1) is 10.5. The third-order valence-electron chi connectivity index (χ3n) is 3.82. The van der Waals surface area contributed by atoms with Gasteiger partial charge in [-0.1, -0.05) is 0 Å². The zero-order valence-corrected chi connectivity index (χ0v) is 14.0. The zero-order chi connectivity index (χ0) is 16.3. The van der Waals surface area contributed by atoms with Crippen molar-refractivity contribution in [1.82, 2.24) is 5.32 Å². The van der Waals surface area contributed by atoms with Crippen molar-refractivity contribution in [2.75, 3.05) is 14.2 Å². The van der Waals surface area contributed by atoms with Crippen LogP contribution in [0.3, 0.4) is 0 Å². The summed E-state index contributed by atoms with van der Waals surface area (Å²) in [7, 11) is 3.02. The Balaban J connectivity index is 2.11. The molecule has 1 saturated carbocycles. The van der Waals surface area contributed by atoms with Crippen molar-refractivity contribution in [2.24, 2.45) is 5.92 Å². The summed E-state index contributed by atoms with van der Waals surface area (Å²) in [6.07, 6.45) is 1.73. The lowest BCUT2D eigenvalue weighted by molar-refractivity contribution is -0.141. The molecule has 1 aromatic carbocycles. The molecule has 2 rings (SSSR count). The van der Waals surface area contributed by atoms with Crippen LogP contribution in [-0.4, -0.2) is 37.2 Å². The molecule has 0 saturated heterocycles. The summed E-state index contributed by atoms with van der Waals surface area (Å²) in [5.41, 5.74) is 0.413. The van der Waals surface area contributed by atoms with Gasteiger partial charge in [-0.3, -0.25) is 9.59 Å². The maximum absolute atomic E-state index is 12.3. The molecule has 0 radical (unpaired) electrons. The SMILES string of the molecule is COc1cc(C(=O)N[C@@H]2CC[C@H](C(=O)O)C2)cc(OC)c1Br. The lowest BCUT2D eigenvalue weighted by Gasteiger charge is -2.15. The van der Waals surface area contributed by atoms with Gasteiger partial charge in [0.2, 0.25) is 0 Å². The number of ether oxygens (including phenoxy) is 2. The largest absolute Gasteiger partial charge is 0.495 e. The first-order valence-corrected chi connectivity index (χ1v) is 7.70. The Kier molecular flexibility index (Phi) is 5.28. The number of hydrogen-bond acceptors (Lipinski definition) is 4. The minimum Gasteiger partial charge on any atom is -0.495 e. The number of amides is 1. The maximum atomic E-state index is 12.3. The van der Waals surface area contributed by atoms with E-state index >= 15 is 0 Å². The maximum Gasteiger partial charge on any atom is 0.306 e. The van der Waals surface area contributed by atoms with E-state index in [9.17, 15) is 9.59 Å². The summed E-state index contributed by atoms with van der Waals surface area (Å²) in [5.74, 6) is -0.443. The van der Waals surface area contributed by atoms with E-state index in [-0.39, 0.29) is 17.9 Å². The van der Waals surface area contributed by atoms with Gasteiger partial charge in [0, 0.05) is 11.6 Å². The molecular weight excluding hydrogens is 354 g/mol. The van der Waals surface area contributed by atoms with E-state index in [1.54, 1.807) is 12.1 Å². The Morgan fingerprint density at radius 1 is 1.23 bits per heavy atom. The number of carbonyl (C=O) groups excluding carboxylic acids is 1. The Hall–Kier alpha value is -1.76. The number of methoxy groups -OCH3 is 2. The molecule has 2 N–H and O–H groups in total. The van der Waals surface area contributed by atoms with Gasteiger partial charge in [0.05, 0.1) is 20.1 Å². The van der Waals surface area contributed by atoms with Crippen molar-refractivity contribution >= 4 is 27.8 Å². The fourth-order valence-electron chi connectivity index (χ4n) is 2.61. The summed E-state index contributed by atoms with van der Waals surface area (Å²) in [4.78, 5) is 23.3. The van der Waals surface area contributed by atoms with Crippen molar-refractivity contribution < 1.29 is 24.2 Å². The summed E-state index contributed by atoms with van der Waals surface area (Å²) >= 11 is 3.35. The Morgan fingerprint density at radius 2 is 1.82 bits per heavy atom. The van der Waals surface area contributed by atoms with Gasteiger partial charge in [-0.25, -0.2) is 0 Å². The van der Waals surface area contributed by atoms with Crippen LogP contribution >= 0.6 is 15.9 Å². The number of hydrogen-bond donors (Lipinski definition) is 2. The molecule has 22 heavy (non-hydrogen) atoms. The van der Waals surface area contributed by atoms with Crippen molar-refractivity contribution in [3.63, 3.8) is 0 Å². The van der Waals surface area contributed by atoms with Crippen LogP contribution in [0.2, 0.25) is 0 Å². The number of carboxylic acid groups (broad SMARTS) is 1. The predicted octanol–water partition coefficient (Wildman–Crippen LogP) is 2.45. The van der Waals surface area contributed by atoms with Gasteiger partial charge in [-0.2, -0.15) is 0 Å². The van der Waals surface area contributed by atoms with E-state index in [0.717, 1.165) is 0 Å². The molecule has 1 aromatic rings. The molecule has 6 nitrogen and oxygen atoms in total. The second kappa shape index (κ2) is 7.00. The molecule has 1 aliphatic rings. The predicted molar refractivity (Wildman–Crippen MR) is 83.5 cm³/mol. The molecule has 0 heterocycles. The molecule has 0 aromatic heterocycles. The average molecular weight is 372 g/mol.